The number of hydrogen-bond donors (Lipinski definition) is 4. The molecule has 4 N–H and O–H groups in total. The van der Waals surface area contributed by atoms with Gasteiger partial charge in [-0.1, -0.05) is 47.5 Å². The van der Waals surface area contributed by atoms with E-state index in [9.17, 15) is 41.0 Å². The number of rotatable bonds is 6. The number of anilines is 2. The average molecular weight is 1010 g/mol. The molecule has 4 amide bonds. The molecule has 0 radical (unpaired) electrons. The summed E-state index contributed by atoms with van der Waals surface area (Å²) in [7, 11) is 2.98. The van der Waals surface area contributed by atoms with Crippen molar-refractivity contribution in [2.75, 3.05) is 63.2 Å². The number of aliphatic hydroxyl groups is 1. The van der Waals surface area contributed by atoms with Crippen LogP contribution >= 0.6 is 23.2 Å². The van der Waals surface area contributed by atoms with Crippen molar-refractivity contribution >= 4 is 58.1 Å². The number of benzene rings is 4. The lowest BCUT2D eigenvalue weighted by Gasteiger charge is -2.31. The molecule has 2 saturated heterocycles. The van der Waals surface area contributed by atoms with Crippen LogP contribution < -0.4 is 35.2 Å². The molecular weight excluding hydrogens is 955 g/mol. The summed E-state index contributed by atoms with van der Waals surface area (Å²) in [6.07, 6.45) is -8.15. The summed E-state index contributed by atoms with van der Waals surface area (Å²) in [5.41, 5.74) is 6.43. The van der Waals surface area contributed by atoms with E-state index >= 15 is 0 Å². The van der Waals surface area contributed by atoms with E-state index in [1.54, 1.807) is 13.8 Å². The lowest BCUT2D eigenvalue weighted by Crippen LogP contribution is -2.43. The number of piperidine rings is 1. The second kappa shape index (κ2) is 21.4. The third-order valence-corrected chi connectivity index (χ3v) is 12.6. The number of alkyl halides is 6. The number of hydrogen-bond acceptors (Lipinski definition) is 10. The fraction of sp³-hybridized carbons (Fsp3) is 0.404. The second-order valence-corrected chi connectivity index (χ2v) is 17.6. The van der Waals surface area contributed by atoms with Gasteiger partial charge in [0.1, 0.15) is 11.5 Å². The van der Waals surface area contributed by atoms with Crippen molar-refractivity contribution in [2.45, 2.75) is 70.4 Å². The predicted molar refractivity (Wildman–Crippen MR) is 252 cm³/mol. The summed E-state index contributed by atoms with van der Waals surface area (Å²) in [4.78, 5) is 29.5. The highest BCUT2D eigenvalue weighted by molar-refractivity contribution is 6.33. The van der Waals surface area contributed by atoms with E-state index in [4.69, 9.17) is 23.2 Å². The molecule has 4 aliphatic rings. The van der Waals surface area contributed by atoms with Gasteiger partial charge in [-0.3, -0.25) is 0 Å². The maximum absolute atomic E-state index is 12.9. The Labute approximate surface area is 404 Å². The molecule has 2 unspecified atom stereocenters. The van der Waals surface area contributed by atoms with Crippen LogP contribution in [0.2, 0.25) is 10.0 Å². The van der Waals surface area contributed by atoms with Gasteiger partial charge >= 0.3 is 24.8 Å². The van der Waals surface area contributed by atoms with Crippen molar-refractivity contribution in [3.8, 4) is 11.5 Å². The Morgan fingerprint density at radius 2 is 1.03 bits per heavy atom. The topological polar surface area (TPSA) is 147 Å². The first-order valence-corrected chi connectivity index (χ1v) is 22.9. The number of ether oxygens (including phenoxy) is 2. The molecule has 0 spiro atoms. The molecule has 22 heteroatoms. The molecule has 14 nitrogen and oxygen atoms in total. The Morgan fingerprint density at radius 1 is 0.652 bits per heavy atom. The molecule has 4 aliphatic heterocycles. The van der Waals surface area contributed by atoms with Crippen LogP contribution in [-0.4, -0.2) is 123 Å². The second-order valence-electron chi connectivity index (χ2n) is 16.8. The molecule has 8 rings (SSSR count). The van der Waals surface area contributed by atoms with Crippen molar-refractivity contribution in [1.29, 1.82) is 0 Å². The van der Waals surface area contributed by atoms with Crippen molar-refractivity contribution in [2.24, 2.45) is 10.2 Å². The summed E-state index contributed by atoms with van der Waals surface area (Å²) in [6, 6.07) is 18.9. The maximum atomic E-state index is 12.9. The number of amides is 4. The van der Waals surface area contributed by atoms with E-state index < -0.39 is 48.4 Å². The van der Waals surface area contributed by atoms with E-state index in [1.807, 2.05) is 48.5 Å². The zero-order valence-electron chi connectivity index (χ0n) is 38.0. The number of fused-ring (bicyclic) bond motifs is 2. The first-order chi connectivity index (χ1) is 32.7. The van der Waals surface area contributed by atoms with Crippen molar-refractivity contribution in [3.05, 3.63) is 116 Å². The van der Waals surface area contributed by atoms with E-state index in [-0.39, 0.29) is 29.0 Å². The Bertz CT molecular complexity index is 2550. The number of hydrazone groups is 2. The number of nitrogens with one attached hydrogen (secondary N) is 3. The first kappa shape index (κ1) is 50.9. The number of halogens is 8. The van der Waals surface area contributed by atoms with Crippen molar-refractivity contribution in [1.82, 2.24) is 26.0 Å². The average Bonchev–Trinajstić information content (AvgIpc) is 3.54. The van der Waals surface area contributed by atoms with Crippen LogP contribution in [0.15, 0.2) is 83.0 Å². The van der Waals surface area contributed by atoms with Crippen LogP contribution in [0.5, 0.6) is 11.5 Å². The molecule has 0 bridgehead atoms. The molecule has 370 valence electrons. The molecule has 2 fully saturated rings. The Balaban J connectivity index is 0.000000204. The summed E-state index contributed by atoms with van der Waals surface area (Å²) >= 11 is 12.4. The number of nitrogens with zero attached hydrogens (tertiary/aromatic N) is 6. The smallest absolute Gasteiger partial charge is 0.404 e. The Kier molecular flexibility index (Phi) is 15.8. The molecule has 4 aromatic carbocycles. The minimum Gasteiger partial charge on any atom is -0.404 e. The van der Waals surface area contributed by atoms with Crippen LogP contribution in [0.25, 0.3) is 0 Å². The molecule has 69 heavy (non-hydrogen) atoms. The van der Waals surface area contributed by atoms with E-state index in [0.29, 0.717) is 57.6 Å². The highest BCUT2D eigenvalue weighted by Crippen LogP contribution is 2.38. The minimum atomic E-state index is -4.89. The Hall–Kier alpha value is -5.96. The molecule has 2 atom stereocenters. The summed E-state index contributed by atoms with van der Waals surface area (Å²) in [5.74, 6) is -0.984. The van der Waals surface area contributed by atoms with Gasteiger partial charge in [0.2, 0.25) is 0 Å². The Morgan fingerprint density at radius 3 is 1.39 bits per heavy atom. The standard InChI is InChI=1S/C24H26ClF3N4O3.C23H25ClF3N5O2/c1-14-11-16-12-21(35-24(26,27)28)20(25)13-19(16)22(30-32(14)23(34)29-2)15-3-5-17(6-4-15)31-9-7-18(33)8-10-31;1-14-11-16-12-20(34-23(25,26)27)19(24)13-18(16)21(30-32(14)22(33)28-2)15-3-5-17(6-4-15)31-9-7-29-8-10-31/h3-6,12-14,18,33H,7-11H2,1-2H3,(H,29,34);3-6,12-14,29H,7-11H2,1-2H3,(H,28,33). The van der Waals surface area contributed by atoms with Crippen LogP contribution in [0.3, 0.4) is 0 Å². The largest absolute Gasteiger partial charge is 0.573 e. The quantitative estimate of drug-likeness (QED) is 0.141. The van der Waals surface area contributed by atoms with Gasteiger partial charge in [-0.15, -0.1) is 26.3 Å². The van der Waals surface area contributed by atoms with Crippen LogP contribution in [0, 0.1) is 0 Å². The lowest BCUT2D eigenvalue weighted by molar-refractivity contribution is -0.275. The number of urea groups is 2. The highest BCUT2D eigenvalue weighted by atomic mass is 35.5. The summed E-state index contributed by atoms with van der Waals surface area (Å²) < 4.78 is 85.6. The van der Waals surface area contributed by atoms with Gasteiger partial charge in [0.25, 0.3) is 0 Å². The molecule has 0 aliphatic carbocycles. The normalized spacial score (nSPS) is 18.9. The van der Waals surface area contributed by atoms with Gasteiger partial charge in [0.15, 0.2) is 0 Å². The van der Waals surface area contributed by atoms with Gasteiger partial charge in [-0.2, -0.15) is 10.2 Å². The summed E-state index contributed by atoms with van der Waals surface area (Å²) in [5, 5.41) is 29.6. The monoisotopic (exact) mass is 1010 g/mol. The van der Waals surface area contributed by atoms with E-state index in [2.05, 4.69) is 45.4 Å². The maximum Gasteiger partial charge on any atom is 0.573 e. The van der Waals surface area contributed by atoms with Gasteiger partial charge in [0.05, 0.1) is 39.7 Å². The van der Waals surface area contributed by atoms with Gasteiger partial charge in [-0.05, 0) is 99.2 Å². The third kappa shape index (κ3) is 12.4. The highest BCUT2D eigenvalue weighted by Gasteiger charge is 2.36. The molecular formula is C47H51Cl2F6N9O5. The fourth-order valence-electron chi connectivity index (χ4n) is 8.56. The SMILES string of the molecule is CNC(=O)N1N=C(c2ccc(N3CCC(O)CC3)cc2)c2cc(Cl)c(OC(F)(F)F)cc2CC1C.CNC(=O)N1N=C(c2ccc(N3CCNCC3)cc2)c2cc(Cl)c(OC(F)(F)F)cc2CC1C. The number of piperazine rings is 1. The van der Waals surface area contributed by atoms with Crippen LogP contribution in [0.4, 0.5) is 47.3 Å². The van der Waals surface area contributed by atoms with Gasteiger partial charge in [-0.25, -0.2) is 19.6 Å². The predicted octanol–water partition coefficient (Wildman–Crippen LogP) is 8.52. The molecule has 0 saturated carbocycles. The number of aliphatic hydroxyl groups excluding tert-OH is 1. The molecule has 4 heterocycles. The number of carbonyl (C=O) groups is 2. The van der Waals surface area contributed by atoms with Gasteiger partial charge in [0, 0.05) is 87.0 Å². The van der Waals surface area contributed by atoms with Crippen LogP contribution in [0.1, 0.15) is 60.1 Å². The van der Waals surface area contributed by atoms with Crippen molar-refractivity contribution < 1.29 is 50.5 Å². The first-order valence-electron chi connectivity index (χ1n) is 22.2. The lowest BCUT2D eigenvalue weighted by atomic mass is 9.94. The van der Waals surface area contributed by atoms with E-state index in [1.165, 1.54) is 48.4 Å². The fourth-order valence-corrected chi connectivity index (χ4v) is 8.96. The zero-order valence-corrected chi connectivity index (χ0v) is 39.5. The number of carbonyl (C=O) groups excluding carboxylic acids is 2. The van der Waals surface area contributed by atoms with Crippen LogP contribution in [-0.2, 0) is 12.8 Å². The minimum absolute atomic E-state index is 0.192. The van der Waals surface area contributed by atoms with Crippen molar-refractivity contribution in [3.63, 3.8) is 0 Å². The molecule has 0 aromatic heterocycles. The molecule has 4 aromatic rings. The van der Waals surface area contributed by atoms with E-state index in [0.717, 1.165) is 50.6 Å². The zero-order chi connectivity index (χ0) is 49.8. The summed E-state index contributed by atoms with van der Waals surface area (Å²) in [6.45, 7) is 8.61. The third-order valence-electron chi connectivity index (χ3n) is 12.0. The van der Waals surface area contributed by atoms with Gasteiger partial charge < -0.3 is 40.3 Å².